The second-order valence-electron chi connectivity index (χ2n) is 8.20. The highest BCUT2D eigenvalue weighted by Gasteiger charge is 2.26. The summed E-state index contributed by atoms with van der Waals surface area (Å²) in [4.78, 5) is 21.5. The van der Waals surface area contributed by atoms with Gasteiger partial charge in [-0.2, -0.15) is 0 Å². The quantitative estimate of drug-likeness (QED) is 0.401. The summed E-state index contributed by atoms with van der Waals surface area (Å²) in [7, 11) is 0. The van der Waals surface area contributed by atoms with Gasteiger partial charge < -0.3 is 10.4 Å². The average Bonchev–Trinajstić information content (AvgIpc) is 3.49. The summed E-state index contributed by atoms with van der Waals surface area (Å²) >= 11 is 2.77. The average molecular weight is 486 g/mol. The largest absolute Gasteiger partial charge is 0.391 e. The molecule has 5 nitrogen and oxygen atoms in total. The molecule has 5 rings (SSSR count). The summed E-state index contributed by atoms with van der Waals surface area (Å²) < 4.78 is 30.7. The third-order valence-corrected chi connectivity index (χ3v) is 7.57. The van der Waals surface area contributed by atoms with Crippen LogP contribution in [0.5, 0.6) is 0 Å². The number of hydrogen-bond donors (Lipinski definition) is 2. The van der Waals surface area contributed by atoms with E-state index in [9.17, 15) is 18.7 Å². The maximum Gasteiger partial charge on any atom is 0.270 e. The molecule has 1 fully saturated rings. The molecule has 1 amide bonds. The lowest BCUT2D eigenvalue weighted by Crippen LogP contribution is -2.45. The van der Waals surface area contributed by atoms with Crippen molar-refractivity contribution >= 4 is 38.8 Å². The molecule has 1 aliphatic rings. The molecule has 0 radical (unpaired) electrons. The van der Waals surface area contributed by atoms with Crippen molar-refractivity contribution in [2.45, 2.75) is 44.2 Å². The van der Waals surface area contributed by atoms with Gasteiger partial charge in [0.1, 0.15) is 17.3 Å². The maximum absolute atomic E-state index is 14.9. The van der Waals surface area contributed by atoms with E-state index in [1.807, 2.05) is 5.38 Å². The van der Waals surface area contributed by atoms with Gasteiger partial charge in [-0.25, -0.2) is 18.7 Å². The first-order chi connectivity index (χ1) is 16.0. The van der Waals surface area contributed by atoms with Gasteiger partial charge in [-0.1, -0.05) is 12.8 Å². The minimum absolute atomic E-state index is 0.0130. The molecule has 33 heavy (non-hydrogen) atoms. The number of aliphatic hydroxyl groups is 1. The van der Waals surface area contributed by atoms with Crippen molar-refractivity contribution in [3.63, 3.8) is 0 Å². The number of halogens is 2. The molecular weight excluding hydrogens is 464 g/mol. The molecule has 0 saturated heterocycles. The first kappa shape index (κ1) is 22.1. The maximum atomic E-state index is 14.9. The summed E-state index contributed by atoms with van der Waals surface area (Å²) in [6.07, 6.45) is 2.66. The third-order valence-electron chi connectivity index (χ3n) is 6.00. The van der Waals surface area contributed by atoms with Gasteiger partial charge in [-0.3, -0.25) is 4.79 Å². The Morgan fingerprint density at radius 2 is 1.97 bits per heavy atom. The number of carbonyl (C=O) groups excluding carboxylic acids is 1. The van der Waals surface area contributed by atoms with Gasteiger partial charge in [0, 0.05) is 22.9 Å². The minimum Gasteiger partial charge on any atom is -0.391 e. The number of fused-ring (bicyclic) bond motifs is 1. The second kappa shape index (κ2) is 9.24. The van der Waals surface area contributed by atoms with Crippen LogP contribution in [-0.4, -0.2) is 33.1 Å². The summed E-state index contributed by atoms with van der Waals surface area (Å²) in [6.45, 7) is 0. The molecule has 2 atom stereocenters. The van der Waals surface area contributed by atoms with Crippen LogP contribution in [0.25, 0.3) is 21.5 Å². The monoisotopic (exact) mass is 485 g/mol. The van der Waals surface area contributed by atoms with Crippen LogP contribution in [0, 0.1) is 11.6 Å². The second-order valence-corrected chi connectivity index (χ2v) is 9.84. The van der Waals surface area contributed by atoms with Crippen LogP contribution < -0.4 is 5.32 Å². The molecule has 4 aromatic rings. The Kier molecular flexibility index (Phi) is 6.18. The van der Waals surface area contributed by atoms with E-state index in [1.165, 1.54) is 34.8 Å². The van der Waals surface area contributed by atoms with E-state index in [0.29, 0.717) is 35.2 Å². The number of aliphatic hydroxyl groups excluding tert-OH is 1. The molecule has 2 N–H and O–H groups in total. The van der Waals surface area contributed by atoms with E-state index >= 15 is 0 Å². The van der Waals surface area contributed by atoms with Gasteiger partial charge >= 0.3 is 0 Å². The van der Waals surface area contributed by atoms with Crippen LogP contribution in [0.15, 0.2) is 40.5 Å². The fraction of sp³-hybridized carbons (Fsp3) is 0.292. The molecule has 0 aliphatic heterocycles. The number of hydrogen-bond acceptors (Lipinski definition) is 6. The number of thiazole rings is 1. The van der Waals surface area contributed by atoms with E-state index in [2.05, 4.69) is 15.3 Å². The number of rotatable bonds is 5. The Balaban J connectivity index is 1.46. The van der Waals surface area contributed by atoms with E-state index in [1.54, 1.807) is 23.0 Å². The number of pyridine rings is 1. The number of nitrogens with zero attached hydrogens (tertiary/aromatic N) is 2. The Morgan fingerprint density at radius 1 is 1.18 bits per heavy atom. The zero-order valence-corrected chi connectivity index (χ0v) is 19.2. The zero-order chi connectivity index (χ0) is 22.9. The fourth-order valence-corrected chi connectivity index (χ4v) is 5.67. The molecule has 1 saturated carbocycles. The van der Waals surface area contributed by atoms with E-state index in [-0.39, 0.29) is 23.7 Å². The number of nitrogens with one attached hydrogen (secondary N) is 1. The Bertz CT molecular complexity index is 1280. The van der Waals surface area contributed by atoms with Crippen molar-refractivity contribution in [2.75, 3.05) is 0 Å². The number of thiophene rings is 1. The summed E-state index contributed by atoms with van der Waals surface area (Å²) in [5.74, 6) is -1.71. The summed E-state index contributed by atoms with van der Waals surface area (Å²) in [5.41, 5.74) is 3.87. The van der Waals surface area contributed by atoms with Crippen molar-refractivity contribution < 1.29 is 18.7 Å². The number of amides is 1. The molecule has 170 valence electrons. The van der Waals surface area contributed by atoms with Crippen molar-refractivity contribution in [1.29, 1.82) is 0 Å². The highest BCUT2D eigenvalue weighted by atomic mass is 32.1. The molecular formula is C24H21F2N3O2S2. The Morgan fingerprint density at radius 3 is 2.70 bits per heavy atom. The first-order valence-corrected chi connectivity index (χ1v) is 12.5. The standard InChI is InChI=1S/C24H21F2N3O2S2/c25-16-8-13(21-11-32-12-27-21)9-17(26)15(16)7-14-10-20(28-19-5-6-33-23(14)19)24(31)29-18-3-1-2-4-22(18)30/h5-6,8-12,18,22,30H,1-4,7H2,(H,29,31)/t18-,22-/m0/s1. The Labute approximate surface area is 197 Å². The minimum atomic E-state index is -0.657. The van der Waals surface area contributed by atoms with Gasteiger partial charge in [0.2, 0.25) is 0 Å². The van der Waals surface area contributed by atoms with Crippen LogP contribution in [0.1, 0.15) is 47.3 Å². The van der Waals surface area contributed by atoms with Gasteiger partial charge in [0.15, 0.2) is 0 Å². The van der Waals surface area contributed by atoms with Crippen LogP contribution >= 0.6 is 22.7 Å². The molecule has 9 heteroatoms. The lowest BCUT2D eigenvalue weighted by molar-refractivity contribution is 0.0714. The van der Waals surface area contributed by atoms with Gasteiger partial charge in [0.05, 0.1) is 33.6 Å². The number of carbonyl (C=O) groups is 1. The highest BCUT2D eigenvalue weighted by molar-refractivity contribution is 7.17. The number of benzene rings is 1. The zero-order valence-electron chi connectivity index (χ0n) is 17.6. The van der Waals surface area contributed by atoms with Gasteiger partial charge in [-0.15, -0.1) is 22.7 Å². The molecule has 0 unspecified atom stereocenters. The highest BCUT2D eigenvalue weighted by Crippen LogP contribution is 2.30. The molecule has 0 spiro atoms. The van der Waals surface area contributed by atoms with Crippen molar-refractivity contribution in [3.05, 3.63) is 69.0 Å². The van der Waals surface area contributed by atoms with Crippen LogP contribution in [-0.2, 0) is 6.42 Å². The van der Waals surface area contributed by atoms with Gasteiger partial charge in [-0.05, 0) is 48.1 Å². The predicted molar refractivity (Wildman–Crippen MR) is 126 cm³/mol. The van der Waals surface area contributed by atoms with E-state index in [4.69, 9.17) is 0 Å². The lowest BCUT2D eigenvalue weighted by Gasteiger charge is -2.28. The van der Waals surface area contributed by atoms with Crippen molar-refractivity contribution in [1.82, 2.24) is 15.3 Å². The smallest absolute Gasteiger partial charge is 0.270 e. The summed E-state index contributed by atoms with van der Waals surface area (Å²) in [5, 5.41) is 16.6. The van der Waals surface area contributed by atoms with Crippen molar-refractivity contribution in [2.24, 2.45) is 0 Å². The summed E-state index contributed by atoms with van der Waals surface area (Å²) in [6, 6.07) is 5.64. The van der Waals surface area contributed by atoms with E-state index < -0.39 is 23.6 Å². The van der Waals surface area contributed by atoms with Crippen LogP contribution in [0.3, 0.4) is 0 Å². The molecule has 1 aliphatic carbocycles. The molecule has 0 bridgehead atoms. The topological polar surface area (TPSA) is 75.1 Å². The molecule has 1 aromatic carbocycles. The third kappa shape index (κ3) is 4.53. The normalized spacial score (nSPS) is 18.5. The Hall–Kier alpha value is -2.75. The van der Waals surface area contributed by atoms with Crippen molar-refractivity contribution in [3.8, 4) is 11.3 Å². The SMILES string of the molecule is O=C(N[C@H]1CCCC[C@@H]1O)c1cc(Cc2c(F)cc(-c3cscn3)cc2F)c2sccc2n1. The number of aromatic nitrogens is 2. The molecule has 3 heterocycles. The van der Waals surface area contributed by atoms with E-state index in [0.717, 1.165) is 17.5 Å². The van der Waals surface area contributed by atoms with Crippen LogP contribution in [0.2, 0.25) is 0 Å². The first-order valence-electron chi connectivity index (χ1n) is 10.7. The predicted octanol–water partition coefficient (Wildman–Crippen LogP) is 5.32. The lowest BCUT2D eigenvalue weighted by atomic mass is 9.92. The van der Waals surface area contributed by atoms with Crippen LogP contribution in [0.4, 0.5) is 8.78 Å². The fourth-order valence-electron chi connectivity index (χ4n) is 4.26. The molecule has 3 aromatic heterocycles. The van der Waals surface area contributed by atoms with Gasteiger partial charge in [0.25, 0.3) is 5.91 Å².